The molecule has 10 nitrogen and oxygen atoms in total. The standard InChI is InChI=1S/C33H44BrN3O7/c1-6-8-11-25(39)35-19-22(5)43-32(42)26-27-30(40)37(15-9-10-16-38)29(33(27)18-23(34)28(26)44-33)31(41)36(14-7-2)24-17-20(3)12-13-21(24)4/h6-7,12-13,17,22-23,26-29,38H,1-2,8-11,14-16,18-19H2,3-5H3,(H,35,39)/t22-,23?,26-,27+,28-,29-,33+/m0/s1. The van der Waals surface area contributed by atoms with E-state index >= 15 is 0 Å². The molecule has 0 aromatic heterocycles. The second-order valence-corrected chi connectivity index (χ2v) is 13.2. The van der Waals surface area contributed by atoms with Crippen LogP contribution in [-0.4, -0.2) is 88.6 Å². The SMILES string of the molecule is C=CCCC(=O)NC[C@H](C)OC(=O)[C@@H]1[C@H]2O[C@@]3(CC2Br)[C@H](C(=O)N(CC=C)c2cc(C)ccc2C)N(CCCCO)C(=O)[C@@H]13. The van der Waals surface area contributed by atoms with Crippen molar-refractivity contribution in [3.05, 3.63) is 54.6 Å². The van der Waals surface area contributed by atoms with Crippen LogP contribution < -0.4 is 10.2 Å². The van der Waals surface area contributed by atoms with Gasteiger partial charge in [0.2, 0.25) is 11.8 Å². The van der Waals surface area contributed by atoms with Gasteiger partial charge >= 0.3 is 5.97 Å². The monoisotopic (exact) mass is 673 g/mol. The number of allylic oxidation sites excluding steroid dienone is 1. The van der Waals surface area contributed by atoms with Gasteiger partial charge in [-0.2, -0.15) is 0 Å². The van der Waals surface area contributed by atoms with Crippen molar-refractivity contribution in [3.63, 3.8) is 0 Å². The second-order valence-electron chi connectivity index (χ2n) is 12.0. The minimum absolute atomic E-state index is 0.0424. The van der Waals surface area contributed by atoms with Crippen LogP contribution >= 0.6 is 15.9 Å². The molecule has 0 radical (unpaired) electrons. The first-order chi connectivity index (χ1) is 21.0. The zero-order valence-corrected chi connectivity index (χ0v) is 27.4. The fraction of sp³-hybridized carbons (Fsp3) is 0.576. The molecule has 3 fully saturated rings. The first-order valence-electron chi connectivity index (χ1n) is 15.3. The smallest absolute Gasteiger partial charge is 0.312 e. The Morgan fingerprint density at radius 1 is 1.27 bits per heavy atom. The average molecular weight is 675 g/mol. The van der Waals surface area contributed by atoms with Crippen molar-refractivity contribution in [2.75, 3.05) is 31.1 Å². The number of carbonyl (C=O) groups excluding carboxylic acids is 4. The number of anilines is 1. The van der Waals surface area contributed by atoms with Gasteiger partial charge in [-0.25, -0.2) is 0 Å². The summed E-state index contributed by atoms with van der Waals surface area (Å²) >= 11 is 3.69. The normalized spacial score (nSPS) is 27.5. The number of nitrogens with one attached hydrogen (secondary N) is 1. The van der Waals surface area contributed by atoms with E-state index in [1.165, 1.54) is 0 Å². The molecule has 3 amide bonds. The molecule has 7 atom stereocenters. The van der Waals surface area contributed by atoms with Crippen LogP contribution in [0.25, 0.3) is 0 Å². The number of fused-ring (bicyclic) bond motifs is 1. The van der Waals surface area contributed by atoms with Crippen LogP contribution in [0.3, 0.4) is 0 Å². The summed E-state index contributed by atoms with van der Waals surface area (Å²) in [5.74, 6) is -3.22. The zero-order chi connectivity index (χ0) is 32.2. The third-order valence-corrected chi connectivity index (χ3v) is 9.66. The molecule has 0 aliphatic carbocycles. The van der Waals surface area contributed by atoms with Gasteiger partial charge in [0.15, 0.2) is 0 Å². The van der Waals surface area contributed by atoms with Crippen molar-refractivity contribution in [2.45, 2.75) is 81.6 Å². The predicted octanol–water partition coefficient (Wildman–Crippen LogP) is 3.36. The Hall–Kier alpha value is -3.02. The predicted molar refractivity (Wildman–Crippen MR) is 170 cm³/mol. The van der Waals surface area contributed by atoms with Crippen LogP contribution in [-0.2, 0) is 28.7 Å². The van der Waals surface area contributed by atoms with Crippen molar-refractivity contribution < 1.29 is 33.8 Å². The first-order valence-corrected chi connectivity index (χ1v) is 16.2. The molecule has 4 rings (SSSR count). The van der Waals surface area contributed by atoms with Crippen LogP contribution in [0.2, 0.25) is 0 Å². The number of hydrogen-bond donors (Lipinski definition) is 2. The lowest BCUT2D eigenvalue weighted by molar-refractivity contribution is -0.159. The number of hydrogen-bond acceptors (Lipinski definition) is 7. The van der Waals surface area contributed by atoms with E-state index in [1.54, 1.807) is 28.9 Å². The van der Waals surface area contributed by atoms with E-state index < -0.39 is 41.7 Å². The highest BCUT2D eigenvalue weighted by molar-refractivity contribution is 9.09. The Balaban J connectivity index is 1.65. The number of ether oxygens (including phenoxy) is 2. The third-order valence-electron chi connectivity index (χ3n) is 8.82. The quantitative estimate of drug-likeness (QED) is 0.127. The number of esters is 1. The number of alkyl halides is 1. The molecule has 3 heterocycles. The Morgan fingerprint density at radius 2 is 2.02 bits per heavy atom. The molecule has 3 aliphatic heterocycles. The largest absolute Gasteiger partial charge is 0.460 e. The van der Waals surface area contributed by atoms with Crippen molar-refractivity contribution in [1.29, 1.82) is 0 Å². The molecule has 3 saturated heterocycles. The van der Waals surface area contributed by atoms with Crippen LogP contribution in [0.5, 0.6) is 0 Å². The first kappa shape index (κ1) is 33.9. The minimum Gasteiger partial charge on any atom is -0.460 e. The molecule has 0 saturated carbocycles. The van der Waals surface area contributed by atoms with Crippen molar-refractivity contribution in [2.24, 2.45) is 11.8 Å². The molecule has 240 valence electrons. The number of benzene rings is 1. The Kier molecular flexibility index (Phi) is 11.1. The number of aliphatic hydroxyl groups is 1. The van der Waals surface area contributed by atoms with Crippen molar-refractivity contribution in [3.8, 4) is 0 Å². The van der Waals surface area contributed by atoms with Gasteiger partial charge in [-0.1, -0.05) is 40.2 Å². The lowest BCUT2D eigenvalue weighted by atomic mass is 9.70. The number of rotatable bonds is 15. The maximum Gasteiger partial charge on any atom is 0.312 e. The summed E-state index contributed by atoms with van der Waals surface area (Å²) in [4.78, 5) is 57.6. The molecule has 1 unspecified atom stereocenters. The summed E-state index contributed by atoms with van der Waals surface area (Å²) in [6.45, 7) is 13.6. The molecule has 1 aromatic carbocycles. The van der Waals surface area contributed by atoms with Crippen LogP contribution in [0, 0.1) is 25.7 Å². The van der Waals surface area contributed by atoms with E-state index in [0.29, 0.717) is 32.1 Å². The summed E-state index contributed by atoms with van der Waals surface area (Å²) in [5.41, 5.74) is 1.37. The molecule has 1 spiro atoms. The summed E-state index contributed by atoms with van der Waals surface area (Å²) < 4.78 is 12.4. The maximum absolute atomic E-state index is 14.7. The Labute approximate surface area is 267 Å². The summed E-state index contributed by atoms with van der Waals surface area (Å²) in [5, 5.41) is 12.2. The second kappa shape index (κ2) is 14.4. The van der Waals surface area contributed by atoms with E-state index in [9.17, 15) is 24.3 Å². The highest BCUT2D eigenvalue weighted by atomic mass is 79.9. The number of aryl methyl sites for hydroxylation is 2. The maximum atomic E-state index is 14.7. The fourth-order valence-electron chi connectivity index (χ4n) is 6.80. The highest BCUT2D eigenvalue weighted by Gasteiger charge is 2.77. The number of aliphatic hydroxyl groups excluding tert-OH is 1. The summed E-state index contributed by atoms with van der Waals surface area (Å²) in [7, 11) is 0. The van der Waals surface area contributed by atoms with Crippen LogP contribution in [0.15, 0.2) is 43.5 Å². The van der Waals surface area contributed by atoms with E-state index in [1.807, 2.05) is 32.0 Å². The van der Waals surface area contributed by atoms with Crippen molar-refractivity contribution in [1.82, 2.24) is 10.2 Å². The number of likely N-dealkylation sites (tertiary alicyclic amines) is 1. The van der Waals surface area contributed by atoms with E-state index in [2.05, 4.69) is 34.4 Å². The molecule has 3 aliphatic rings. The highest BCUT2D eigenvalue weighted by Crippen LogP contribution is 2.60. The lowest BCUT2D eigenvalue weighted by Crippen LogP contribution is -2.57. The van der Waals surface area contributed by atoms with Crippen LogP contribution in [0.1, 0.15) is 50.2 Å². The lowest BCUT2D eigenvalue weighted by Gasteiger charge is -2.37. The van der Waals surface area contributed by atoms with E-state index in [4.69, 9.17) is 9.47 Å². The fourth-order valence-corrected chi connectivity index (χ4v) is 7.75. The van der Waals surface area contributed by atoms with Crippen LogP contribution in [0.4, 0.5) is 5.69 Å². The zero-order valence-electron chi connectivity index (χ0n) is 25.8. The summed E-state index contributed by atoms with van der Waals surface area (Å²) in [6, 6.07) is 4.89. The van der Waals surface area contributed by atoms with Gasteiger partial charge in [0.1, 0.15) is 17.7 Å². The molecular formula is C33H44BrN3O7. The number of unbranched alkanes of at least 4 members (excludes halogenated alkanes) is 1. The third kappa shape index (κ3) is 6.50. The van der Waals surface area contributed by atoms with Gasteiger partial charge in [0, 0.05) is 36.6 Å². The van der Waals surface area contributed by atoms with E-state index in [0.717, 1.165) is 16.8 Å². The van der Waals surface area contributed by atoms with Gasteiger partial charge in [0.25, 0.3) is 5.91 Å². The molecule has 11 heteroatoms. The minimum atomic E-state index is -1.24. The summed E-state index contributed by atoms with van der Waals surface area (Å²) in [6.07, 6.45) is 4.17. The number of amides is 3. The number of carbonyl (C=O) groups is 4. The van der Waals surface area contributed by atoms with Crippen molar-refractivity contribution >= 4 is 45.3 Å². The van der Waals surface area contributed by atoms with Gasteiger partial charge in [-0.3, -0.25) is 19.2 Å². The Bertz CT molecular complexity index is 1290. The topological polar surface area (TPSA) is 125 Å². The molecule has 44 heavy (non-hydrogen) atoms. The van der Waals surface area contributed by atoms with Gasteiger partial charge in [0.05, 0.1) is 24.5 Å². The van der Waals surface area contributed by atoms with Gasteiger partial charge < -0.3 is 29.7 Å². The number of nitrogens with zero attached hydrogens (tertiary/aromatic N) is 2. The molecule has 2 bridgehead atoms. The van der Waals surface area contributed by atoms with Gasteiger partial charge in [-0.15, -0.1) is 13.2 Å². The Morgan fingerprint density at radius 3 is 2.70 bits per heavy atom. The van der Waals surface area contributed by atoms with E-state index in [-0.39, 0.29) is 48.8 Å². The number of halogens is 1. The molecule has 1 aromatic rings. The average Bonchev–Trinajstić information content (AvgIpc) is 3.58. The molecule has 2 N–H and O–H groups in total. The molecular weight excluding hydrogens is 630 g/mol. The van der Waals surface area contributed by atoms with Gasteiger partial charge in [-0.05, 0) is 63.6 Å².